The zero-order valence-electron chi connectivity index (χ0n) is 16.5. The average Bonchev–Trinajstić information content (AvgIpc) is 3.38. The Hall–Kier alpha value is -3.58. The predicted octanol–water partition coefficient (Wildman–Crippen LogP) is 5.02. The van der Waals surface area contributed by atoms with E-state index in [2.05, 4.69) is 15.9 Å². The Balaban J connectivity index is 1.63. The van der Waals surface area contributed by atoms with E-state index in [1.54, 1.807) is 18.1 Å². The van der Waals surface area contributed by atoms with E-state index in [0.29, 0.717) is 34.5 Å². The molecule has 0 atom stereocenters. The number of para-hydroxylation sites is 1. The summed E-state index contributed by atoms with van der Waals surface area (Å²) in [5.74, 6) is 2.26. The number of ether oxygens (including phenoxy) is 3. The summed E-state index contributed by atoms with van der Waals surface area (Å²) in [4.78, 5) is 19.8. The van der Waals surface area contributed by atoms with Crippen molar-refractivity contribution in [1.29, 1.82) is 0 Å². The predicted molar refractivity (Wildman–Crippen MR) is 122 cm³/mol. The molecule has 0 aliphatic carbocycles. The summed E-state index contributed by atoms with van der Waals surface area (Å²) in [5, 5.41) is 0. The molecule has 0 fully saturated rings. The molecule has 3 aromatic carbocycles. The first-order valence-corrected chi connectivity index (χ1v) is 10.4. The number of rotatable bonds is 4. The Morgan fingerprint density at radius 3 is 2.71 bits per heavy atom. The highest BCUT2D eigenvalue weighted by Gasteiger charge is 2.34. The van der Waals surface area contributed by atoms with Crippen LogP contribution in [0.5, 0.6) is 17.2 Å². The van der Waals surface area contributed by atoms with Crippen molar-refractivity contribution in [3.05, 3.63) is 88.0 Å². The third-order valence-corrected chi connectivity index (χ3v) is 5.47. The van der Waals surface area contributed by atoms with Crippen LogP contribution in [-0.2, 0) is 4.79 Å². The highest BCUT2D eigenvalue weighted by molar-refractivity contribution is 9.10. The lowest BCUT2D eigenvalue weighted by Gasteiger charge is -2.20. The maximum atomic E-state index is 13.5. The minimum Gasteiger partial charge on any atom is -0.496 e. The highest BCUT2D eigenvalue weighted by Crippen LogP contribution is 2.35. The number of fused-ring (bicyclic) bond motifs is 1. The van der Waals surface area contributed by atoms with Gasteiger partial charge in [-0.2, -0.15) is 0 Å². The topological polar surface area (TPSA) is 60.4 Å². The normalized spacial score (nSPS) is 16.1. The molecule has 2 aliphatic heterocycles. The molecule has 3 aromatic rings. The Labute approximate surface area is 187 Å². The molecule has 0 radical (unpaired) electrons. The Morgan fingerprint density at radius 2 is 1.87 bits per heavy atom. The number of halogens is 1. The average molecular weight is 477 g/mol. The van der Waals surface area contributed by atoms with Gasteiger partial charge in [0.05, 0.1) is 18.4 Å². The zero-order valence-corrected chi connectivity index (χ0v) is 18.1. The number of carbonyl (C=O) groups excluding carboxylic acids is 1. The number of anilines is 1. The number of amidine groups is 1. The molecule has 2 aliphatic rings. The van der Waals surface area contributed by atoms with Crippen molar-refractivity contribution in [2.45, 2.75) is 0 Å². The number of benzene rings is 3. The monoisotopic (exact) mass is 476 g/mol. The molecule has 0 saturated heterocycles. The van der Waals surface area contributed by atoms with Crippen molar-refractivity contribution >= 4 is 39.4 Å². The molecule has 1 amide bonds. The third kappa shape index (κ3) is 3.57. The molecule has 5 rings (SSSR count). The van der Waals surface area contributed by atoms with Crippen molar-refractivity contribution in [2.24, 2.45) is 4.99 Å². The number of aliphatic imine (C=N–C) groups is 1. The minimum absolute atomic E-state index is 0.195. The molecule has 0 spiro atoms. The van der Waals surface area contributed by atoms with Crippen molar-refractivity contribution in [2.75, 3.05) is 18.8 Å². The molecule has 7 heteroatoms. The number of amides is 1. The fourth-order valence-corrected chi connectivity index (χ4v) is 3.93. The van der Waals surface area contributed by atoms with E-state index in [1.807, 2.05) is 66.7 Å². The van der Waals surface area contributed by atoms with Gasteiger partial charge in [-0.05, 0) is 54.1 Å². The van der Waals surface area contributed by atoms with Crippen molar-refractivity contribution in [3.8, 4) is 17.2 Å². The van der Waals surface area contributed by atoms with Crippen molar-refractivity contribution in [3.63, 3.8) is 0 Å². The SMILES string of the molecule is COc1ccccc1C1=N/C(=C/c2ccc3c(c2)OCO3)C(=O)N1c1cccc(Br)c1. The second kappa shape index (κ2) is 7.92. The van der Waals surface area contributed by atoms with Crippen LogP contribution in [0.15, 0.2) is 81.9 Å². The lowest BCUT2D eigenvalue weighted by atomic mass is 10.1. The molecule has 0 aromatic heterocycles. The fraction of sp³-hybridized carbons (Fsp3) is 0.0833. The molecule has 154 valence electrons. The van der Waals surface area contributed by atoms with Gasteiger partial charge >= 0.3 is 0 Å². The molecule has 6 nitrogen and oxygen atoms in total. The summed E-state index contributed by atoms with van der Waals surface area (Å²) in [7, 11) is 1.60. The summed E-state index contributed by atoms with van der Waals surface area (Å²) in [6, 6.07) is 20.6. The van der Waals surface area contributed by atoms with Gasteiger partial charge in [0.15, 0.2) is 17.3 Å². The first-order chi connectivity index (χ1) is 15.1. The van der Waals surface area contributed by atoms with Crippen LogP contribution in [0.25, 0.3) is 6.08 Å². The Bertz CT molecular complexity index is 1250. The second-order valence-corrected chi connectivity index (χ2v) is 7.81. The van der Waals surface area contributed by atoms with Crippen LogP contribution in [0.1, 0.15) is 11.1 Å². The van der Waals surface area contributed by atoms with E-state index < -0.39 is 0 Å². The van der Waals surface area contributed by atoms with E-state index in [-0.39, 0.29) is 12.7 Å². The standard InChI is InChI=1S/C24H17BrN2O4/c1-29-20-8-3-2-7-18(20)23-26-19(11-15-9-10-21-22(12-15)31-14-30-21)24(28)27(23)17-6-4-5-16(25)13-17/h2-13H,14H2,1H3/b19-11+. The van der Waals surface area contributed by atoms with Crippen molar-refractivity contribution < 1.29 is 19.0 Å². The summed E-state index contributed by atoms with van der Waals surface area (Å²) < 4.78 is 17.2. The highest BCUT2D eigenvalue weighted by atomic mass is 79.9. The number of carbonyl (C=O) groups is 1. The van der Waals surface area contributed by atoms with Gasteiger partial charge in [-0.25, -0.2) is 4.99 Å². The van der Waals surface area contributed by atoms with Crippen LogP contribution < -0.4 is 19.1 Å². The molecule has 2 heterocycles. The van der Waals surface area contributed by atoms with Crippen molar-refractivity contribution in [1.82, 2.24) is 0 Å². The number of methoxy groups -OCH3 is 1. The lowest BCUT2D eigenvalue weighted by Crippen LogP contribution is -2.32. The van der Waals surface area contributed by atoms with Gasteiger partial charge < -0.3 is 14.2 Å². The van der Waals surface area contributed by atoms with Crippen LogP contribution in [-0.4, -0.2) is 25.6 Å². The first kappa shape index (κ1) is 19.4. The molecular formula is C24H17BrN2O4. The molecule has 0 bridgehead atoms. The fourth-order valence-electron chi connectivity index (χ4n) is 3.54. The van der Waals surface area contributed by atoms with Gasteiger partial charge in [0, 0.05) is 4.47 Å². The molecule has 0 unspecified atom stereocenters. The van der Waals surface area contributed by atoms with E-state index >= 15 is 0 Å². The summed E-state index contributed by atoms with van der Waals surface area (Å²) >= 11 is 3.49. The van der Waals surface area contributed by atoms with Gasteiger partial charge in [0.1, 0.15) is 11.4 Å². The summed E-state index contributed by atoms with van der Waals surface area (Å²) in [6.45, 7) is 0.195. The van der Waals surface area contributed by atoms with E-state index in [4.69, 9.17) is 19.2 Å². The largest absolute Gasteiger partial charge is 0.496 e. The first-order valence-electron chi connectivity index (χ1n) is 9.57. The lowest BCUT2D eigenvalue weighted by molar-refractivity contribution is -0.113. The second-order valence-electron chi connectivity index (χ2n) is 6.90. The molecule has 0 saturated carbocycles. The quantitative estimate of drug-likeness (QED) is 0.496. The van der Waals surface area contributed by atoms with Gasteiger partial charge in [-0.15, -0.1) is 0 Å². The van der Waals surface area contributed by atoms with Gasteiger partial charge in [-0.1, -0.05) is 40.2 Å². The number of hydrogen-bond donors (Lipinski definition) is 0. The van der Waals surface area contributed by atoms with E-state index in [1.165, 1.54) is 0 Å². The van der Waals surface area contributed by atoms with Gasteiger partial charge in [0.2, 0.25) is 6.79 Å². The number of nitrogens with zero attached hydrogens (tertiary/aromatic N) is 2. The maximum absolute atomic E-state index is 13.5. The third-order valence-electron chi connectivity index (χ3n) is 4.97. The summed E-state index contributed by atoms with van der Waals surface area (Å²) in [6.07, 6.45) is 1.75. The summed E-state index contributed by atoms with van der Waals surface area (Å²) in [5.41, 5.74) is 2.55. The van der Waals surface area contributed by atoms with Crippen LogP contribution in [0.4, 0.5) is 5.69 Å². The number of hydrogen-bond acceptors (Lipinski definition) is 5. The zero-order chi connectivity index (χ0) is 21.4. The van der Waals surface area contributed by atoms with Crippen LogP contribution >= 0.6 is 15.9 Å². The minimum atomic E-state index is -0.225. The smallest absolute Gasteiger partial charge is 0.282 e. The Morgan fingerprint density at radius 1 is 1.03 bits per heavy atom. The molecular weight excluding hydrogens is 460 g/mol. The van der Waals surface area contributed by atoms with Gasteiger partial charge in [-0.3, -0.25) is 9.69 Å². The maximum Gasteiger partial charge on any atom is 0.282 e. The van der Waals surface area contributed by atoms with Crippen LogP contribution in [0.3, 0.4) is 0 Å². The van der Waals surface area contributed by atoms with E-state index in [0.717, 1.165) is 15.6 Å². The molecule has 0 N–H and O–H groups in total. The Kier molecular flexibility index (Phi) is 4.95. The van der Waals surface area contributed by atoms with Gasteiger partial charge in [0.25, 0.3) is 5.91 Å². The van der Waals surface area contributed by atoms with Crippen LogP contribution in [0.2, 0.25) is 0 Å². The van der Waals surface area contributed by atoms with Crippen LogP contribution in [0, 0.1) is 0 Å². The van der Waals surface area contributed by atoms with E-state index in [9.17, 15) is 4.79 Å². The molecule has 31 heavy (non-hydrogen) atoms.